The second kappa shape index (κ2) is 9.70. The lowest BCUT2D eigenvalue weighted by atomic mass is 9.92. The largest absolute Gasteiger partial charge is 0.447 e. The SMILES string of the molecule is CC(C)[C@@H](OCc1ccccc1)[C@H](C)C(=O)N1C(=O)OC[C@H]1Cc1ccccc1. The summed E-state index contributed by atoms with van der Waals surface area (Å²) in [6.07, 6.45) is -0.274. The van der Waals surface area contributed by atoms with Crippen molar-refractivity contribution in [3.63, 3.8) is 0 Å². The number of hydrogen-bond donors (Lipinski definition) is 0. The third-order valence-corrected chi connectivity index (χ3v) is 5.34. The van der Waals surface area contributed by atoms with Gasteiger partial charge in [-0.3, -0.25) is 4.79 Å². The fourth-order valence-electron chi connectivity index (χ4n) is 3.81. The van der Waals surface area contributed by atoms with Gasteiger partial charge in [-0.2, -0.15) is 0 Å². The maximum atomic E-state index is 13.3. The number of nitrogens with zero attached hydrogens (tertiary/aromatic N) is 1. The van der Waals surface area contributed by atoms with Gasteiger partial charge >= 0.3 is 6.09 Å². The topological polar surface area (TPSA) is 55.8 Å². The Balaban J connectivity index is 1.70. The van der Waals surface area contributed by atoms with Crippen molar-refractivity contribution < 1.29 is 19.1 Å². The van der Waals surface area contributed by atoms with Crippen molar-refractivity contribution in [3.8, 4) is 0 Å². The zero-order valence-electron chi connectivity index (χ0n) is 17.3. The van der Waals surface area contributed by atoms with Crippen molar-refractivity contribution in [2.75, 3.05) is 6.61 Å². The smallest absolute Gasteiger partial charge is 0.416 e. The molecule has 0 radical (unpaired) electrons. The van der Waals surface area contributed by atoms with Crippen molar-refractivity contribution in [1.29, 1.82) is 0 Å². The van der Waals surface area contributed by atoms with Crippen molar-refractivity contribution in [3.05, 3.63) is 71.8 Å². The number of carbonyl (C=O) groups is 2. The van der Waals surface area contributed by atoms with Crippen LogP contribution in [-0.4, -0.2) is 35.7 Å². The van der Waals surface area contributed by atoms with Gasteiger partial charge in [-0.05, 0) is 23.5 Å². The molecule has 1 aliphatic rings. The highest BCUT2D eigenvalue weighted by Crippen LogP contribution is 2.25. The molecule has 1 fully saturated rings. The Morgan fingerprint density at radius 1 is 1.03 bits per heavy atom. The van der Waals surface area contributed by atoms with Gasteiger partial charge in [-0.1, -0.05) is 81.4 Å². The molecule has 0 unspecified atom stereocenters. The van der Waals surface area contributed by atoms with Crippen LogP contribution in [0.1, 0.15) is 31.9 Å². The summed E-state index contributed by atoms with van der Waals surface area (Å²) in [5, 5.41) is 0. The lowest BCUT2D eigenvalue weighted by molar-refractivity contribution is -0.140. The maximum Gasteiger partial charge on any atom is 0.416 e. The standard InChI is InChI=1S/C24H29NO4/c1-17(2)22(28-15-20-12-8-5-9-13-20)18(3)23(26)25-21(16-29-24(25)27)14-19-10-6-4-7-11-19/h4-13,17-18,21-22H,14-16H2,1-3H3/t18-,21+,22+/m0/s1. The summed E-state index contributed by atoms with van der Waals surface area (Å²) in [5.74, 6) is -0.563. The van der Waals surface area contributed by atoms with Crippen LogP contribution < -0.4 is 0 Å². The summed E-state index contributed by atoms with van der Waals surface area (Å²) in [6, 6.07) is 19.4. The molecule has 0 bridgehead atoms. The molecule has 2 aromatic carbocycles. The fraction of sp³-hybridized carbons (Fsp3) is 0.417. The minimum Gasteiger partial charge on any atom is -0.447 e. The fourth-order valence-corrected chi connectivity index (χ4v) is 3.81. The van der Waals surface area contributed by atoms with Gasteiger partial charge in [0.2, 0.25) is 5.91 Å². The van der Waals surface area contributed by atoms with Crippen LogP contribution in [0.25, 0.3) is 0 Å². The molecule has 1 heterocycles. The molecular weight excluding hydrogens is 366 g/mol. The third-order valence-electron chi connectivity index (χ3n) is 5.34. The van der Waals surface area contributed by atoms with E-state index in [-0.39, 0.29) is 30.6 Å². The lowest BCUT2D eigenvalue weighted by Crippen LogP contribution is -2.47. The van der Waals surface area contributed by atoms with Crippen molar-refractivity contribution in [1.82, 2.24) is 4.90 Å². The van der Waals surface area contributed by atoms with Crippen molar-refractivity contribution in [2.45, 2.75) is 45.9 Å². The molecule has 5 nitrogen and oxygen atoms in total. The molecule has 0 aliphatic carbocycles. The predicted molar refractivity (Wildman–Crippen MR) is 111 cm³/mol. The number of cyclic esters (lactones) is 1. The second-order valence-corrected chi connectivity index (χ2v) is 7.92. The Morgan fingerprint density at radius 2 is 1.62 bits per heavy atom. The summed E-state index contributed by atoms with van der Waals surface area (Å²) >= 11 is 0. The molecule has 0 saturated carbocycles. The molecule has 29 heavy (non-hydrogen) atoms. The van der Waals surface area contributed by atoms with Gasteiger partial charge in [-0.25, -0.2) is 9.69 Å². The quantitative estimate of drug-likeness (QED) is 0.662. The van der Waals surface area contributed by atoms with E-state index in [1.165, 1.54) is 4.90 Å². The molecule has 0 aromatic heterocycles. The molecule has 1 saturated heterocycles. The van der Waals surface area contributed by atoms with Crippen LogP contribution in [0.3, 0.4) is 0 Å². The number of imide groups is 1. The van der Waals surface area contributed by atoms with Gasteiger partial charge in [0, 0.05) is 0 Å². The minimum absolute atomic E-state index is 0.129. The summed E-state index contributed by atoms with van der Waals surface area (Å²) < 4.78 is 11.3. The first kappa shape index (κ1) is 21.1. The van der Waals surface area contributed by atoms with Gasteiger partial charge in [0.25, 0.3) is 0 Å². The first-order chi connectivity index (χ1) is 14.0. The minimum atomic E-state index is -0.562. The van der Waals surface area contributed by atoms with Gasteiger partial charge < -0.3 is 9.47 Å². The number of carbonyl (C=O) groups excluding carboxylic acids is 2. The Hall–Kier alpha value is -2.66. The van der Waals surface area contributed by atoms with E-state index in [1.54, 1.807) is 0 Å². The van der Waals surface area contributed by atoms with E-state index in [2.05, 4.69) is 0 Å². The van der Waals surface area contributed by atoms with E-state index in [0.717, 1.165) is 11.1 Å². The van der Waals surface area contributed by atoms with Gasteiger partial charge in [-0.15, -0.1) is 0 Å². The summed E-state index contributed by atoms with van der Waals surface area (Å²) in [5.41, 5.74) is 2.13. The molecule has 1 aliphatic heterocycles. The Bertz CT molecular complexity index is 806. The van der Waals surface area contributed by atoms with Crippen LogP contribution in [0.2, 0.25) is 0 Å². The monoisotopic (exact) mass is 395 g/mol. The average Bonchev–Trinajstić information content (AvgIpc) is 3.08. The number of amides is 2. The second-order valence-electron chi connectivity index (χ2n) is 7.92. The Labute approximate surface area is 172 Å². The summed E-state index contributed by atoms with van der Waals surface area (Å²) in [7, 11) is 0. The number of rotatable bonds is 8. The van der Waals surface area contributed by atoms with Crippen LogP contribution in [0.5, 0.6) is 0 Å². The molecule has 154 valence electrons. The lowest BCUT2D eigenvalue weighted by Gasteiger charge is -2.30. The highest BCUT2D eigenvalue weighted by molar-refractivity contribution is 5.95. The Kier molecular flexibility index (Phi) is 7.04. The normalized spacial score (nSPS) is 18.6. The molecule has 2 amide bonds. The third kappa shape index (κ3) is 5.24. The molecule has 0 spiro atoms. The summed E-state index contributed by atoms with van der Waals surface area (Å²) in [6.45, 7) is 6.55. The zero-order valence-corrected chi connectivity index (χ0v) is 17.3. The van der Waals surface area contributed by atoms with E-state index in [9.17, 15) is 9.59 Å². The molecule has 3 atom stereocenters. The highest BCUT2D eigenvalue weighted by atomic mass is 16.6. The van der Waals surface area contributed by atoms with E-state index in [1.807, 2.05) is 81.4 Å². The van der Waals surface area contributed by atoms with Crippen molar-refractivity contribution in [2.24, 2.45) is 11.8 Å². The summed E-state index contributed by atoms with van der Waals surface area (Å²) in [4.78, 5) is 26.9. The van der Waals surface area contributed by atoms with E-state index in [0.29, 0.717) is 13.0 Å². The Morgan fingerprint density at radius 3 is 2.21 bits per heavy atom. The van der Waals surface area contributed by atoms with Crippen LogP contribution in [0.4, 0.5) is 4.79 Å². The molecule has 5 heteroatoms. The number of benzene rings is 2. The first-order valence-electron chi connectivity index (χ1n) is 10.2. The van der Waals surface area contributed by atoms with E-state index >= 15 is 0 Å². The van der Waals surface area contributed by atoms with Gasteiger partial charge in [0.1, 0.15) is 6.61 Å². The molecule has 3 rings (SSSR count). The molecular formula is C24H29NO4. The maximum absolute atomic E-state index is 13.3. The van der Waals surface area contributed by atoms with Crippen molar-refractivity contribution >= 4 is 12.0 Å². The van der Waals surface area contributed by atoms with E-state index in [4.69, 9.17) is 9.47 Å². The number of ether oxygens (including phenoxy) is 2. The first-order valence-corrected chi connectivity index (χ1v) is 10.2. The molecule has 2 aromatic rings. The van der Waals surface area contributed by atoms with Crippen LogP contribution in [0, 0.1) is 11.8 Å². The average molecular weight is 395 g/mol. The van der Waals surface area contributed by atoms with Gasteiger partial charge in [0.05, 0.1) is 24.7 Å². The van der Waals surface area contributed by atoms with Crippen LogP contribution in [-0.2, 0) is 27.3 Å². The van der Waals surface area contributed by atoms with Crippen LogP contribution >= 0.6 is 0 Å². The van der Waals surface area contributed by atoms with Gasteiger partial charge in [0.15, 0.2) is 0 Å². The van der Waals surface area contributed by atoms with E-state index < -0.39 is 12.0 Å². The number of hydrogen-bond acceptors (Lipinski definition) is 4. The zero-order chi connectivity index (χ0) is 20.8. The molecule has 0 N–H and O–H groups in total. The van der Waals surface area contributed by atoms with Crippen LogP contribution in [0.15, 0.2) is 60.7 Å². The predicted octanol–water partition coefficient (Wildman–Crippen LogP) is 4.45. The highest BCUT2D eigenvalue weighted by Gasteiger charge is 2.42.